The van der Waals surface area contributed by atoms with E-state index >= 15 is 0 Å². The van der Waals surface area contributed by atoms with Crippen molar-refractivity contribution in [3.05, 3.63) is 58.4 Å². The maximum absolute atomic E-state index is 11.9. The van der Waals surface area contributed by atoms with Crippen LogP contribution in [0.15, 0.2) is 36.5 Å². The van der Waals surface area contributed by atoms with Crippen LogP contribution in [0.3, 0.4) is 0 Å². The van der Waals surface area contributed by atoms with E-state index in [2.05, 4.69) is 4.98 Å². The Hall–Kier alpha value is -1.95. The molecule has 0 spiro atoms. The predicted molar refractivity (Wildman–Crippen MR) is 94.0 cm³/mol. The number of carbonyl (C=O) groups excluding carboxylic acids is 1. The molecule has 1 aromatic carbocycles. The summed E-state index contributed by atoms with van der Waals surface area (Å²) in [6.07, 6.45) is 2.04. The van der Waals surface area contributed by atoms with Crippen molar-refractivity contribution in [1.29, 1.82) is 0 Å². The second-order valence-corrected chi connectivity index (χ2v) is 6.50. The standard InChI is InChI=1S/C19H20ClNO4/c1-24-16-4-3-14(21-10-16)7-13-6-12(2-5-18(13)20)19-9-15(23)8-17(11-22)25-19/h2-6,10,17,19,22H,7-9,11H2,1H3/t17-,19+/m0/s1. The van der Waals surface area contributed by atoms with E-state index < -0.39 is 6.10 Å². The molecule has 1 aliphatic rings. The molecule has 0 radical (unpaired) electrons. The second kappa shape index (κ2) is 7.95. The third-order valence-corrected chi connectivity index (χ3v) is 4.64. The van der Waals surface area contributed by atoms with Crippen molar-refractivity contribution < 1.29 is 19.4 Å². The van der Waals surface area contributed by atoms with Gasteiger partial charge >= 0.3 is 0 Å². The van der Waals surface area contributed by atoms with Crippen molar-refractivity contribution in [2.75, 3.05) is 13.7 Å². The van der Waals surface area contributed by atoms with Gasteiger partial charge in [-0.25, -0.2) is 0 Å². The topological polar surface area (TPSA) is 68.7 Å². The molecule has 1 saturated heterocycles. The minimum absolute atomic E-state index is 0.101. The number of pyridine rings is 1. The molecule has 1 N–H and O–H groups in total. The smallest absolute Gasteiger partial charge is 0.138 e. The van der Waals surface area contributed by atoms with Crippen LogP contribution in [0, 0.1) is 0 Å². The molecule has 0 amide bonds. The molecule has 25 heavy (non-hydrogen) atoms. The number of aliphatic hydroxyl groups is 1. The third kappa shape index (κ3) is 4.37. The highest BCUT2D eigenvalue weighted by Gasteiger charge is 2.28. The summed E-state index contributed by atoms with van der Waals surface area (Å²) in [4.78, 5) is 16.2. The summed E-state index contributed by atoms with van der Waals surface area (Å²) in [7, 11) is 1.60. The first-order valence-corrected chi connectivity index (χ1v) is 8.52. The largest absolute Gasteiger partial charge is 0.495 e. The summed E-state index contributed by atoms with van der Waals surface area (Å²) < 4.78 is 10.9. The van der Waals surface area contributed by atoms with E-state index in [0.29, 0.717) is 23.6 Å². The fraction of sp³-hybridized carbons (Fsp3) is 0.368. The summed E-state index contributed by atoms with van der Waals surface area (Å²) >= 11 is 6.33. The Balaban J connectivity index is 1.81. The number of aromatic nitrogens is 1. The number of hydrogen-bond acceptors (Lipinski definition) is 5. The summed E-state index contributed by atoms with van der Waals surface area (Å²) in [5.74, 6) is 0.802. The number of nitrogens with zero attached hydrogens (tertiary/aromatic N) is 1. The highest BCUT2D eigenvalue weighted by atomic mass is 35.5. The van der Waals surface area contributed by atoms with Crippen molar-refractivity contribution in [2.45, 2.75) is 31.5 Å². The molecule has 6 heteroatoms. The van der Waals surface area contributed by atoms with Gasteiger partial charge in [-0.3, -0.25) is 9.78 Å². The molecule has 0 bridgehead atoms. The lowest BCUT2D eigenvalue weighted by molar-refractivity contribution is -0.139. The van der Waals surface area contributed by atoms with Crippen LogP contribution >= 0.6 is 11.6 Å². The summed E-state index contributed by atoms with van der Waals surface area (Å²) in [6, 6.07) is 9.38. The van der Waals surface area contributed by atoms with Crippen LogP contribution in [0.4, 0.5) is 0 Å². The normalized spacial score (nSPS) is 20.5. The maximum Gasteiger partial charge on any atom is 0.138 e. The van der Waals surface area contributed by atoms with Gasteiger partial charge in [-0.15, -0.1) is 0 Å². The van der Waals surface area contributed by atoms with E-state index in [1.54, 1.807) is 13.3 Å². The molecule has 1 fully saturated rings. The first-order chi connectivity index (χ1) is 12.1. The molecule has 2 aromatic rings. The zero-order valence-corrected chi connectivity index (χ0v) is 14.7. The van der Waals surface area contributed by atoms with Crippen LogP contribution in [0.25, 0.3) is 0 Å². The number of carbonyl (C=O) groups is 1. The first kappa shape index (κ1) is 17.9. The van der Waals surface area contributed by atoms with Crippen molar-refractivity contribution in [3.8, 4) is 5.75 Å². The van der Waals surface area contributed by atoms with Gasteiger partial charge in [0.1, 0.15) is 11.5 Å². The fourth-order valence-electron chi connectivity index (χ4n) is 2.94. The Kier molecular flexibility index (Phi) is 5.68. The van der Waals surface area contributed by atoms with Gasteiger partial charge in [-0.1, -0.05) is 23.7 Å². The first-order valence-electron chi connectivity index (χ1n) is 8.14. The van der Waals surface area contributed by atoms with E-state index in [1.807, 2.05) is 30.3 Å². The minimum Gasteiger partial charge on any atom is -0.495 e. The molecular weight excluding hydrogens is 342 g/mol. The fourth-order valence-corrected chi connectivity index (χ4v) is 3.12. The van der Waals surface area contributed by atoms with Crippen LogP contribution in [0.1, 0.15) is 35.8 Å². The Labute approximate surface area is 151 Å². The zero-order valence-electron chi connectivity index (χ0n) is 13.9. The molecule has 132 valence electrons. The van der Waals surface area contributed by atoms with E-state index in [4.69, 9.17) is 21.1 Å². The van der Waals surface area contributed by atoms with Crippen molar-refractivity contribution in [1.82, 2.24) is 4.98 Å². The van der Waals surface area contributed by atoms with E-state index in [0.717, 1.165) is 16.8 Å². The quantitative estimate of drug-likeness (QED) is 0.886. The number of methoxy groups -OCH3 is 1. The lowest BCUT2D eigenvalue weighted by atomic mass is 9.95. The van der Waals surface area contributed by atoms with Gasteiger partial charge in [0.15, 0.2) is 0 Å². The van der Waals surface area contributed by atoms with E-state index in [1.165, 1.54) is 0 Å². The predicted octanol–water partition coefficient (Wildman–Crippen LogP) is 3.12. The number of aliphatic hydroxyl groups excluding tert-OH is 1. The molecule has 5 nitrogen and oxygen atoms in total. The summed E-state index contributed by atoms with van der Waals surface area (Å²) in [5.41, 5.74) is 2.67. The van der Waals surface area contributed by atoms with Crippen LogP contribution in [0.5, 0.6) is 5.75 Å². The van der Waals surface area contributed by atoms with Crippen LogP contribution in [-0.4, -0.2) is 35.7 Å². The van der Waals surface area contributed by atoms with Gasteiger partial charge in [0.25, 0.3) is 0 Å². The zero-order chi connectivity index (χ0) is 17.8. The third-order valence-electron chi connectivity index (χ3n) is 4.28. The number of Topliss-reactive ketones (excluding diaryl/α,β-unsaturated/α-hetero) is 1. The van der Waals surface area contributed by atoms with Crippen LogP contribution < -0.4 is 4.74 Å². The van der Waals surface area contributed by atoms with Gasteiger partial charge in [0.2, 0.25) is 0 Å². The summed E-state index contributed by atoms with van der Waals surface area (Å²) in [5, 5.41) is 9.93. The monoisotopic (exact) mass is 361 g/mol. The number of ketones is 1. The average molecular weight is 362 g/mol. The number of hydrogen-bond donors (Lipinski definition) is 1. The SMILES string of the molecule is COc1ccc(Cc2cc([C@H]3CC(=O)C[C@@H](CO)O3)ccc2Cl)nc1. The summed E-state index contributed by atoms with van der Waals surface area (Å²) in [6.45, 7) is -0.154. The highest BCUT2D eigenvalue weighted by molar-refractivity contribution is 6.31. The number of rotatable bonds is 5. The van der Waals surface area contributed by atoms with Gasteiger partial charge < -0.3 is 14.6 Å². The molecule has 1 aromatic heterocycles. The van der Waals surface area contributed by atoms with Crippen LogP contribution in [-0.2, 0) is 16.0 Å². The number of benzene rings is 1. The van der Waals surface area contributed by atoms with Crippen molar-refractivity contribution in [3.63, 3.8) is 0 Å². The Morgan fingerprint density at radius 1 is 1.32 bits per heavy atom. The molecule has 2 atom stereocenters. The molecule has 0 saturated carbocycles. The van der Waals surface area contributed by atoms with Gasteiger partial charge in [-0.2, -0.15) is 0 Å². The molecule has 3 rings (SSSR count). The lowest BCUT2D eigenvalue weighted by Crippen LogP contribution is -2.30. The molecular formula is C19H20ClNO4. The molecule has 0 unspecified atom stereocenters. The van der Waals surface area contributed by atoms with Gasteiger partial charge in [0.05, 0.1) is 32.1 Å². The van der Waals surface area contributed by atoms with Gasteiger partial charge in [0, 0.05) is 30.0 Å². The average Bonchev–Trinajstić information content (AvgIpc) is 2.63. The van der Waals surface area contributed by atoms with Crippen molar-refractivity contribution >= 4 is 17.4 Å². The molecule has 0 aliphatic carbocycles. The number of ether oxygens (including phenoxy) is 2. The van der Waals surface area contributed by atoms with Crippen LogP contribution in [0.2, 0.25) is 5.02 Å². The second-order valence-electron chi connectivity index (χ2n) is 6.09. The van der Waals surface area contributed by atoms with E-state index in [-0.39, 0.29) is 24.9 Å². The lowest BCUT2D eigenvalue weighted by Gasteiger charge is -2.28. The van der Waals surface area contributed by atoms with Crippen molar-refractivity contribution in [2.24, 2.45) is 0 Å². The maximum atomic E-state index is 11.9. The van der Waals surface area contributed by atoms with Gasteiger partial charge in [-0.05, 0) is 29.3 Å². The Bertz CT molecular complexity index is 748. The molecule has 1 aliphatic heterocycles. The Morgan fingerprint density at radius 3 is 2.84 bits per heavy atom. The highest BCUT2D eigenvalue weighted by Crippen LogP contribution is 2.32. The molecule has 2 heterocycles. The Morgan fingerprint density at radius 2 is 2.16 bits per heavy atom. The number of halogens is 1. The van der Waals surface area contributed by atoms with E-state index in [9.17, 15) is 9.90 Å². The minimum atomic E-state index is -0.436.